The topological polar surface area (TPSA) is 92.5 Å². The normalized spacial score (nSPS) is 24.0. The van der Waals surface area contributed by atoms with Crippen LogP contribution in [0.4, 0.5) is 5.82 Å². The number of benzene rings is 1. The van der Waals surface area contributed by atoms with Gasteiger partial charge in [0.15, 0.2) is 17.3 Å². The van der Waals surface area contributed by atoms with Crippen LogP contribution >= 0.6 is 0 Å². The third-order valence-electron chi connectivity index (χ3n) is 7.47. The van der Waals surface area contributed by atoms with Crippen molar-refractivity contribution < 1.29 is 9.59 Å². The van der Waals surface area contributed by atoms with Crippen LogP contribution < -0.4 is 10.2 Å². The standard InChI is InChI=1S/C24H26N6O2/c1-23(2)17-4-3-15(9-16(17)11-18(23)31)10-19-27-22-21(25-6-8-30(22)28-19)29-7-5-24(14-29)12-20(32)26-13-24/h3-4,6,8-9H,5,7,10-14H2,1-2H3,(H,26,32)/t24-/m1/s1. The fraction of sp³-hybridized carbons (Fsp3) is 0.458. The van der Waals surface area contributed by atoms with Crippen LogP contribution in [0.25, 0.3) is 5.65 Å². The Labute approximate surface area is 186 Å². The van der Waals surface area contributed by atoms with Crippen molar-refractivity contribution in [2.45, 2.75) is 44.9 Å². The predicted molar refractivity (Wildman–Crippen MR) is 119 cm³/mol. The SMILES string of the molecule is CC1(C)C(=O)Cc2cc(Cc3nc4c(N5CC[C@@]6(CNC(=O)C6)C5)nccn4n3)ccc21. The van der Waals surface area contributed by atoms with E-state index in [-0.39, 0.29) is 17.1 Å². The van der Waals surface area contributed by atoms with E-state index in [1.165, 1.54) is 0 Å². The predicted octanol–water partition coefficient (Wildman–Crippen LogP) is 1.83. The van der Waals surface area contributed by atoms with E-state index in [4.69, 9.17) is 4.98 Å². The highest BCUT2D eigenvalue weighted by Crippen LogP contribution is 2.39. The molecule has 0 bridgehead atoms. The Morgan fingerprint density at radius 3 is 2.91 bits per heavy atom. The zero-order chi connectivity index (χ0) is 22.1. The van der Waals surface area contributed by atoms with Crippen molar-refractivity contribution >= 4 is 23.2 Å². The summed E-state index contributed by atoms with van der Waals surface area (Å²) < 4.78 is 1.79. The first-order valence-electron chi connectivity index (χ1n) is 11.2. The number of hydrogen-bond acceptors (Lipinski definition) is 6. The minimum absolute atomic E-state index is 0.00404. The molecule has 8 nitrogen and oxygen atoms in total. The van der Waals surface area contributed by atoms with Crippen LogP contribution in [0.3, 0.4) is 0 Å². The molecule has 2 aromatic heterocycles. The number of aromatic nitrogens is 4. The molecule has 1 aromatic carbocycles. The number of fused-ring (bicyclic) bond motifs is 2. The second kappa shape index (κ2) is 6.60. The summed E-state index contributed by atoms with van der Waals surface area (Å²) in [5, 5.41) is 7.66. The molecule has 1 atom stereocenters. The molecular formula is C24H26N6O2. The lowest BCUT2D eigenvalue weighted by molar-refractivity contribution is -0.122. The lowest BCUT2D eigenvalue weighted by Crippen LogP contribution is -2.29. The third kappa shape index (κ3) is 2.92. The molecule has 1 N–H and O–H groups in total. The molecule has 164 valence electrons. The molecule has 1 spiro atoms. The van der Waals surface area contributed by atoms with Gasteiger partial charge in [0.05, 0.1) is 0 Å². The van der Waals surface area contributed by atoms with Gasteiger partial charge in [-0.15, -0.1) is 0 Å². The molecule has 1 amide bonds. The van der Waals surface area contributed by atoms with E-state index < -0.39 is 5.41 Å². The van der Waals surface area contributed by atoms with Crippen molar-refractivity contribution in [3.8, 4) is 0 Å². The molecule has 2 fully saturated rings. The summed E-state index contributed by atoms with van der Waals surface area (Å²) >= 11 is 0. The van der Waals surface area contributed by atoms with Gasteiger partial charge in [0.1, 0.15) is 5.78 Å². The number of amides is 1. The van der Waals surface area contributed by atoms with E-state index in [2.05, 4.69) is 38.5 Å². The molecule has 4 heterocycles. The average Bonchev–Trinajstić information content (AvgIpc) is 3.49. The van der Waals surface area contributed by atoms with Crippen LogP contribution in [0, 0.1) is 5.41 Å². The summed E-state index contributed by atoms with van der Waals surface area (Å²) in [6.45, 7) is 6.40. The van der Waals surface area contributed by atoms with E-state index in [1.54, 1.807) is 10.7 Å². The number of Topliss-reactive ketones (excluding diaryl/α,β-unsaturated/α-hetero) is 1. The lowest BCUT2D eigenvalue weighted by Gasteiger charge is -2.22. The van der Waals surface area contributed by atoms with Gasteiger partial charge >= 0.3 is 0 Å². The van der Waals surface area contributed by atoms with Crippen molar-refractivity contribution in [3.63, 3.8) is 0 Å². The molecule has 0 radical (unpaired) electrons. The Bertz CT molecular complexity index is 1280. The van der Waals surface area contributed by atoms with Crippen LogP contribution in [0.5, 0.6) is 0 Å². The van der Waals surface area contributed by atoms with Gasteiger partial charge in [-0.1, -0.05) is 18.2 Å². The fourth-order valence-corrected chi connectivity index (χ4v) is 5.54. The summed E-state index contributed by atoms with van der Waals surface area (Å²) in [7, 11) is 0. The molecule has 3 aliphatic rings. The number of carbonyl (C=O) groups excluding carboxylic acids is 2. The minimum Gasteiger partial charge on any atom is -0.355 e. The van der Waals surface area contributed by atoms with Gasteiger partial charge < -0.3 is 10.2 Å². The zero-order valence-corrected chi connectivity index (χ0v) is 18.4. The van der Waals surface area contributed by atoms with Crippen molar-refractivity contribution in [1.82, 2.24) is 24.9 Å². The van der Waals surface area contributed by atoms with Crippen molar-refractivity contribution in [1.29, 1.82) is 0 Å². The average molecular weight is 431 g/mol. The smallest absolute Gasteiger partial charge is 0.220 e. The lowest BCUT2D eigenvalue weighted by atomic mass is 9.85. The number of hydrogen-bond donors (Lipinski definition) is 1. The van der Waals surface area contributed by atoms with Crippen LogP contribution in [0.15, 0.2) is 30.6 Å². The summed E-state index contributed by atoms with van der Waals surface area (Å²) in [5.41, 5.74) is 3.70. The van der Waals surface area contributed by atoms with Crippen LogP contribution in [-0.4, -0.2) is 50.9 Å². The van der Waals surface area contributed by atoms with E-state index in [9.17, 15) is 9.59 Å². The van der Waals surface area contributed by atoms with Gasteiger partial charge in [-0.2, -0.15) is 5.10 Å². The first kappa shape index (κ1) is 19.4. The van der Waals surface area contributed by atoms with Gasteiger partial charge in [-0.05, 0) is 37.0 Å². The maximum atomic E-state index is 12.4. The quantitative estimate of drug-likeness (QED) is 0.682. The maximum Gasteiger partial charge on any atom is 0.220 e. The van der Waals surface area contributed by atoms with Gasteiger partial charge in [0, 0.05) is 62.1 Å². The first-order chi connectivity index (χ1) is 15.3. The van der Waals surface area contributed by atoms with Crippen molar-refractivity contribution in [2.24, 2.45) is 5.41 Å². The number of ketones is 1. The molecule has 0 unspecified atom stereocenters. The Balaban J connectivity index is 1.27. The Hall–Kier alpha value is -3.29. The van der Waals surface area contributed by atoms with E-state index in [0.717, 1.165) is 60.0 Å². The molecule has 0 saturated carbocycles. The van der Waals surface area contributed by atoms with E-state index in [0.29, 0.717) is 19.3 Å². The Morgan fingerprint density at radius 1 is 1.22 bits per heavy atom. The van der Waals surface area contributed by atoms with Gasteiger partial charge in [0.25, 0.3) is 0 Å². The second-order valence-corrected chi connectivity index (χ2v) is 10.1. The highest BCUT2D eigenvalue weighted by molar-refractivity contribution is 5.95. The number of anilines is 1. The van der Waals surface area contributed by atoms with Crippen LogP contribution in [0.2, 0.25) is 0 Å². The first-order valence-corrected chi connectivity index (χ1v) is 11.2. The number of nitrogens with one attached hydrogen (secondary N) is 1. The summed E-state index contributed by atoms with van der Waals surface area (Å²) in [6.07, 6.45) is 6.24. The summed E-state index contributed by atoms with van der Waals surface area (Å²) in [5.74, 6) is 1.97. The van der Waals surface area contributed by atoms with Crippen LogP contribution in [-0.2, 0) is 27.8 Å². The van der Waals surface area contributed by atoms with Crippen molar-refractivity contribution in [3.05, 3.63) is 53.1 Å². The van der Waals surface area contributed by atoms with E-state index in [1.807, 2.05) is 20.0 Å². The minimum atomic E-state index is -0.400. The molecule has 32 heavy (non-hydrogen) atoms. The fourth-order valence-electron chi connectivity index (χ4n) is 5.54. The highest BCUT2D eigenvalue weighted by atomic mass is 16.2. The van der Waals surface area contributed by atoms with Crippen molar-refractivity contribution in [2.75, 3.05) is 24.5 Å². The molecule has 8 heteroatoms. The van der Waals surface area contributed by atoms with Gasteiger partial charge in [0.2, 0.25) is 5.91 Å². The Morgan fingerprint density at radius 2 is 2.09 bits per heavy atom. The van der Waals surface area contributed by atoms with Gasteiger partial charge in [-0.25, -0.2) is 14.5 Å². The maximum absolute atomic E-state index is 12.4. The van der Waals surface area contributed by atoms with Gasteiger partial charge in [-0.3, -0.25) is 9.59 Å². The largest absolute Gasteiger partial charge is 0.355 e. The molecular weight excluding hydrogens is 404 g/mol. The monoisotopic (exact) mass is 430 g/mol. The van der Waals surface area contributed by atoms with Crippen LogP contribution in [0.1, 0.15) is 49.2 Å². The zero-order valence-electron chi connectivity index (χ0n) is 18.4. The Kier molecular flexibility index (Phi) is 4.00. The summed E-state index contributed by atoms with van der Waals surface area (Å²) in [4.78, 5) is 35.8. The van der Waals surface area contributed by atoms with E-state index >= 15 is 0 Å². The molecule has 3 aromatic rings. The third-order valence-corrected chi connectivity index (χ3v) is 7.47. The molecule has 6 rings (SSSR count). The number of carbonyl (C=O) groups is 2. The highest BCUT2D eigenvalue weighted by Gasteiger charge is 2.44. The molecule has 1 aliphatic carbocycles. The molecule has 2 saturated heterocycles. The number of rotatable bonds is 3. The second-order valence-electron chi connectivity index (χ2n) is 10.1. The summed E-state index contributed by atoms with van der Waals surface area (Å²) in [6, 6.07) is 6.29. The molecule has 2 aliphatic heterocycles. The number of nitrogens with zero attached hydrogens (tertiary/aromatic N) is 5.